The first kappa shape index (κ1) is 16.3. The maximum Gasteiger partial charge on any atom is 0.416 e. The maximum absolute atomic E-state index is 12.5. The van der Waals surface area contributed by atoms with Crippen LogP contribution in [0.1, 0.15) is 26.3 Å². The molecular formula is C14H18F3NO2. The molecule has 0 amide bonds. The van der Waals surface area contributed by atoms with Crippen molar-refractivity contribution in [3.05, 3.63) is 29.8 Å². The highest BCUT2D eigenvalue weighted by molar-refractivity contribution is 5.76. The molecule has 0 spiro atoms. The lowest BCUT2D eigenvalue weighted by molar-refractivity contribution is -0.141. The predicted molar refractivity (Wildman–Crippen MR) is 70.6 cm³/mol. The van der Waals surface area contributed by atoms with Crippen molar-refractivity contribution in [2.75, 3.05) is 18.1 Å². The molecule has 0 bridgehead atoms. The molecule has 0 atom stereocenters. The monoisotopic (exact) mass is 289 g/mol. The van der Waals surface area contributed by atoms with Crippen LogP contribution in [0.15, 0.2) is 24.3 Å². The number of benzene rings is 1. The van der Waals surface area contributed by atoms with Gasteiger partial charge in [0.2, 0.25) is 0 Å². The van der Waals surface area contributed by atoms with E-state index in [0.29, 0.717) is 5.69 Å². The molecule has 20 heavy (non-hydrogen) atoms. The Morgan fingerprint density at radius 1 is 1.25 bits per heavy atom. The molecule has 3 nitrogen and oxygen atoms in total. The number of rotatable bonds is 5. The summed E-state index contributed by atoms with van der Waals surface area (Å²) in [7, 11) is 0. The number of carbonyl (C=O) groups excluding carboxylic acids is 1. The molecule has 0 unspecified atom stereocenters. The maximum atomic E-state index is 12.5. The first-order valence-electron chi connectivity index (χ1n) is 6.35. The van der Waals surface area contributed by atoms with Gasteiger partial charge in [0.25, 0.3) is 0 Å². The van der Waals surface area contributed by atoms with Crippen molar-refractivity contribution in [1.29, 1.82) is 0 Å². The minimum atomic E-state index is -4.36. The van der Waals surface area contributed by atoms with Crippen molar-refractivity contribution in [2.45, 2.75) is 33.0 Å². The summed E-state index contributed by atoms with van der Waals surface area (Å²) in [4.78, 5) is 13.2. The van der Waals surface area contributed by atoms with Crippen molar-refractivity contribution >= 4 is 11.7 Å². The van der Waals surface area contributed by atoms with Crippen LogP contribution >= 0.6 is 0 Å². The molecule has 1 rings (SSSR count). The topological polar surface area (TPSA) is 29.5 Å². The van der Waals surface area contributed by atoms with Gasteiger partial charge in [0, 0.05) is 11.7 Å². The molecule has 0 aliphatic heterocycles. The second kappa shape index (κ2) is 6.63. The van der Waals surface area contributed by atoms with E-state index in [2.05, 4.69) is 0 Å². The highest BCUT2D eigenvalue weighted by Gasteiger charge is 2.30. The van der Waals surface area contributed by atoms with Crippen molar-refractivity contribution in [3.63, 3.8) is 0 Å². The second-order valence-corrected chi connectivity index (χ2v) is 4.57. The van der Waals surface area contributed by atoms with Crippen molar-refractivity contribution < 1.29 is 22.7 Å². The molecule has 0 aliphatic carbocycles. The van der Waals surface area contributed by atoms with Crippen LogP contribution in [0.25, 0.3) is 0 Å². The van der Waals surface area contributed by atoms with Crippen LogP contribution in [-0.2, 0) is 15.7 Å². The Labute approximate surface area is 116 Å². The Hall–Kier alpha value is -1.72. The van der Waals surface area contributed by atoms with Crippen molar-refractivity contribution in [2.24, 2.45) is 0 Å². The van der Waals surface area contributed by atoms with Gasteiger partial charge in [0.15, 0.2) is 0 Å². The van der Waals surface area contributed by atoms with Crippen molar-refractivity contribution in [3.8, 4) is 0 Å². The van der Waals surface area contributed by atoms with Gasteiger partial charge in [0.1, 0.15) is 6.54 Å². The third-order valence-electron chi connectivity index (χ3n) is 2.75. The van der Waals surface area contributed by atoms with Crippen LogP contribution in [0.2, 0.25) is 0 Å². The molecule has 0 fully saturated rings. The number of anilines is 1. The lowest BCUT2D eigenvalue weighted by atomic mass is 10.1. The average molecular weight is 289 g/mol. The summed E-state index contributed by atoms with van der Waals surface area (Å²) in [6.45, 7) is 5.71. The standard InChI is InChI=1S/C14H18F3NO2/c1-4-20-13(19)9-18(10(2)3)12-7-5-11(6-8-12)14(15,16)17/h5-8,10H,4,9H2,1-3H3. The molecule has 0 aromatic heterocycles. The molecule has 0 N–H and O–H groups in total. The number of esters is 1. The van der Waals surface area contributed by atoms with Crippen LogP contribution in [-0.4, -0.2) is 25.2 Å². The second-order valence-electron chi connectivity index (χ2n) is 4.57. The zero-order valence-corrected chi connectivity index (χ0v) is 11.7. The first-order valence-corrected chi connectivity index (χ1v) is 6.35. The number of nitrogens with zero attached hydrogens (tertiary/aromatic N) is 1. The Morgan fingerprint density at radius 2 is 1.80 bits per heavy atom. The van der Waals surface area contributed by atoms with Gasteiger partial charge >= 0.3 is 12.1 Å². The average Bonchev–Trinajstić information content (AvgIpc) is 2.35. The number of hydrogen-bond donors (Lipinski definition) is 0. The van der Waals surface area contributed by atoms with Gasteiger partial charge in [-0.2, -0.15) is 13.2 Å². The van der Waals surface area contributed by atoms with Gasteiger partial charge in [0.05, 0.1) is 12.2 Å². The summed E-state index contributed by atoms with van der Waals surface area (Å²) < 4.78 is 42.4. The van der Waals surface area contributed by atoms with E-state index in [1.165, 1.54) is 12.1 Å². The molecule has 0 saturated carbocycles. The fourth-order valence-electron chi connectivity index (χ4n) is 1.76. The van der Waals surface area contributed by atoms with E-state index < -0.39 is 17.7 Å². The SMILES string of the molecule is CCOC(=O)CN(c1ccc(C(F)(F)F)cc1)C(C)C. The molecular weight excluding hydrogens is 271 g/mol. The van der Waals surface area contributed by atoms with E-state index in [1.807, 2.05) is 13.8 Å². The molecule has 1 aromatic carbocycles. The molecule has 1 aromatic rings. The van der Waals surface area contributed by atoms with Gasteiger partial charge in [-0.25, -0.2) is 0 Å². The summed E-state index contributed by atoms with van der Waals surface area (Å²) in [5.74, 6) is -0.402. The van der Waals surface area contributed by atoms with E-state index in [-0.39, 0.29) is 19.2 Å². The molecule has 0 heterocycles. The van der Waals surface area contributed by atoms with E-state index in [1.54, 1.807) is 11.8 Å². The van der Waals surface area contributed by atoms with E-state index in [0.717, 1.165) is 12.1 Å². The summed E-state index contributed by atoms with van der Waals surface area (Å²) in [5.41, 5.74) is -0.151. The first-order chi connectivity index (χ1) is 9.25. The van der Waals surface area contributed by atoms with Crippen LogP contribution < -0.4 is 4.90 Å². The zero-order chi connectivity index (χ0) is 15.3. The number of carbonyl (C=O) groups is 1. The Morgan fingerprint density at radius 3 is 2.20 bits per heavy atom. The van der Waals surface area contributed by atoms with Crippen LogP contribution in [0, 0.1) is 0 Å². The highest BCUT2D eigenvalue weighted by Crippen LogP contribution is 2.30. The molecule has 0 aliphatic rings. The van der Waals surface area contributed by atoms with Gasteiger partial charge in [-0.1, -0.05) is 0 Å². The number of ether oxygens (including phenoxy) is 1. The Balaban J connectivity index is 2.90. The number of hydrogen-bond acceptors (Lipinski definition) is 3. The van der Waals surface area contributed by atoms with E-state index >= 15 is 0 Å². The Kier molecular flexibility index (Phi) is 5.42. The smallest absolute Gasteiger partial charge is 0.416 e. The molecule has 0 radical (unpaired) electrons. The summed E-state index contributed by atoms with van der Waals surface area (Å²) in [6.07, 6.45) is -4.36. The van der Waals surface area contributed by atoms with Crippen LogP contribution in [0.4, 0.5) is 18.9 Å². The van der Waals surface area contributed by atoms with Gasteiger partial charge in [-0.15, -0.1) is 0 Å². The third kappa shape index (κ3) is 4.43. The van der Waals surface area contributed by atoms with Crippen LogP contribution in [0.3, 0.4) is 0 Å². The molecule has 112 valence electrons. The lowest BCUT2D eigenvalue weighted by Gasteiger charge is -2.28. The van der Waals surface area contributed by atoms with E-state index in [4.69, 9.17) is 4.74 Å². The predicted octanol–water partition coefficient (Wildman–Crippen LogP) is 3.48. The van der Waals surface area contributed by atoms with E-state index in [9.17, 15) is 18.0 Å². The van der Waals surface area contributed by atoms with Crippen LogP contribution in [0.5, 0.6) is 0 Å². The fraction of sp³-hybridized carbons (Fsp3) is 0.500. The summed E-state index contributed by atoms with van der Waals surface area (Å²) in [6, 6.07) is 4.71. The van der Waals surface area contributed by atoms with Gasteiger partial charge in [-0.05, 0) is 45.0 Å². The summed E-state index contributed by atoms with van der Waals surface area (Å²) >= 11 is 0. The molecule has 0 saturated heterocycles. The quantitative estimate of drug-likeness (QED) is 0.777. The lowest BCUT2D eigenvalue weighted by Crippen LogP contribution is -2.36. The van der Waals surface area contributed by atoms with Gasteiger partial charge in [-0.3, -0.25) is 4.79 Å². The Bertz CT molecular complexity index is 441. The largest absolute Gasteiger partial charge is 0.465 e. The van der Waals surface area contributed by atoms with Gasteiger partial charge < -0.3 is 9.64 Å². The normalized spacial score (nSPS) is 11.6. The minimum Gasteiger partial charge on any atom is -0.465 e. The molecule has 6 heteroatoms. The number of halogens is 3. The minimum absolute atomic E-state index is 0.0108. The highest BCUT2D eigenvalue weighted by atomic mass is 19.4. The zero-order valence-electron chi connectivity index (χ0n) is 11.7. The third-order valence-corrected chi connectivity index (χ3v) is 2.75. The van der Waals surface area contributed by atoms with Crippen molar-refractivity contribution in [1.82, 2.24) is 0 Å². The summed E-state index contributed by atoms with van der Waals surface area (Å²) in [5, 5.41) is 0. The fourth-order valence-corrected chi connectivity index (χ4v) is 1.76. The number of alkyl halides is 3.